The fraction of sp³-hybridized carbons (Fsp3) is 0.263. The highest BCUT2D eigenvalue weighted by molar-refractivity contribution is 9.10. The van der Waals surface area contributed by atoms with Crippen molar-refractivity contribution in [1.29, 1.82) is 0 Å². The maximum Gasteiger partial charge on any atom is 0.418 e. The van der Waals surface area contributed by atoms with Gasteiger partial charge in [-0.25, -0.2) is 0 Å². The fourth-order valence-corrected chi connectivity index (χ4v) is 3.20. The molecular weight excluding hydrogens is 441 g/mol. The van der Waals surface area contributed by atoms with Crippen LogP contribution in [0.1, 0.15) is 28.8 Å². The Labute approximate surface area is 167 Å². The molecule has 148 valence electrons. The average Bonchev–Trinajstić information content (AvgIpc) is 3.17. The Bertz CT molecular complexity index is 896. The number of rotatable bonds is 4. The van der Waals surface area contributed by atoms with Crippen molar-refractivity contribution < 1.29 is 27.5 Å². The molecular formula is C19H16BrF3N2O3. The van der Waals surface area contributed by atoms with Crippen molar-refractivity contribution in [2.75, 3.05) is 17.2 Å². The molecule has 2 N–H and O–H groups in total. The molecule has 0 bridgehead atoms. The molecule has 1 unspecified atom stereocenters. The van der Waals surface area contributed by atoms with Gasteiger partial charge in [0.15, 0.2) is 0 Å². The Morgan fingerprint density at radius 3 is 2.54 bits per heavy atom. The zero-order valence-electron chi connectivity index (χ0n) is 14.5. The maximum atomic E-state index is 13.5. The molecule has 1 aliphatic rings. The van der Waals surface area contributed by atoms with Crippen LogP contribution in [0.5, 0.6) is 0 Å². The van der Waals surface area contributed by atoms with E-state index >= 15 is 0 Å². The zero-order chi connectivity index (χ0) is 20.3. The van der Waals surface area contributed by atoms with Crippen molar-refractivity contribution in [3.63, 3.8) is 0 Å². The zero-order valence-corrected chi connectivity index (χ0v) is 16.1. The molecule has 5 nitrogen and oxygen atoms in total. The van der Waals surface area contributed by atoms with Gasteiger partial charge < -0.3 is 15.4 Å². The summed E-state index contributed by atoms with van der Waals surface area (Å²) >= 11 is 3.21. The number of anilines is 2. The summed E-state index contributed by atoms with van der Waals surface area (Å²) in [5, 5.41) is 4.71. The van der Waals surface area contributed by atoms with Gasteiger partial charge in [-0.05, 0) is 49.2 Å². The highest BCUT2D eigenvalue weighted by Gasteiger charge is 2.35. The molecule has 0 aliphatic carbocycles. The van der Waals surface area contributed by atoms with Crippen LogP contribution >= 0.6 is 15.9 Å². The number of carbonyl (C=O) groups excluding carboxylic acids is 2. The first kappa shape index (κ1) is 20.3. The summed E-state index contributed by atoms with van der Waals surface area (Å²) in [5.74, 6) is -1.17. The number of halogens is 4. The van der Waals surface area contributed by atoms with Crippen molar-refractivity contribution >= 4 is 39.1 Å². The molecule has 2 aromatic carbocycles. The van der Waals surface area contributed by atoms with Crippen LogP contribution in [0.15, 0.2) is 46.9 Å². The van der Waals surface area contributed by atoms with E-state index in [1.54, 1.807) is 12.1 Å². The number of benzene rings is 2. The van der Waals surface area contributed by atoms with Crippen LogP contribution in [0.2, 0.25) is 0 Å². The van der Waals surface area contributed by atoms with E-state index in [4.69, 9.17) is 4.74 Å². The van der Waals surface area contributed by atoms with E-state index in [0.717, 1.165) is 18.6 Å². The van der Waals surface area contributed by atoms with Gasteiger partial charge in [0.1, 0.15) is 6.10 Å². The fourth-order valence-electron chi connectivity index (χ4n) is 2.80. The number of hydrogen-bond acceptors (Lipinski definition) is 3. The minimum atomic E-state index is -4.72. The molecule has 2 amide bonds. The lowest BCUT2D eigenvalue weighted by Crippen LogP contribution is -2.27. The summed E-state index contributed by atoms with van der Waals surface area (Å²) in [4.78, 5) is 24.4. The number of carbonyl (C=O) groups is 2. The van der Waals surface area contributed by atoms with Gasteiger partial charge >= 0.3 is 6.18 Å². The predicted octanol–water partition coefficient (Wildman–Crippen LogP) is 4.84. The van der Waals surface area contributed by atoms with Gasteiger partial charge in [0.25, 0.3) is 11.8 Å². The smallest absolute Gasteiger partial charge is 0.368 e. The minimum absolute atomic E-state index is 0.0201. The molecule has 0 radical (unpaired) electrons. The number of ether oxygens (including phenoxy) is 1. The van der Waals surface area contributed by atoms with Crippen molar-refractivity contribution in [1.82, 2.24) is 0 Å². The molecule has 9 heteroatoms. The normalized spacial score (nSPS) is 16.6. The van der Waals surface area contributed by atoms with Crippen LogP contribution in [-0.4, -0.2) is 24.5 Å². The van der Waals surface area contributed by atoms with E-state index in [-0.39, 0.29) is 11.3 Å². The van der Waals surface area contributed by atoms with Crippen LogP contribution < -0.4 is 10.6 Å². The van der Waals surface area contributed by atoms with E-state index in [1.807, 2.05) is 0 Å². The molecule has 1 atom stereocenters. The van der Waals surface area contributed by atoms with Gasteiger partial charge in [-0.15, -0.1) is 0 Å². The van der Waals surface area contributed by atoms with E-state index in [9.17, 15) is 22.8 Å². The van der Waals surface area contributed by atoms with E-state index in [0.29, 0.717) is 17.5 Å². The van der Waals surface area contributed by atoms with Gasteiger partial charge in [-0.1, -0.05) is 22.0 Å². The largest absolute Gasteiger partial charge is 0.418 e. The molecule has 1 aliphatic heterocycles. The Morgan fingerprint density at radius 1 is 1.11 bits per heavy atom. The second-order valence-corrected chi connectivity index (χ2v) is 7.13. The van der Waals surface area contributed by atoms with Crippen molar-refractivity contribution in [2.24, 2.45) is 0 Å². The summed E-state index contributed by atoms with van der Waals surface area (Å²) in [7, 11) is 0. The van der Waals surface area contributed by atoms with Gasteiger partial charge in [-0.3, -0.25) is 9.59 Å². The summed E-state index contributed by atoms with van der Waals surface area (Å²) in [6.45, 7) is 0.451. The van der Waals surface area contributed by atoms with Gasteiger partial charge in [-0.2, -0.15) is 13.2 Å². The quantitative estimate of drug-likeness (QED) is 0.691. The first-order chi connectivity index (χ1) is 13.2. The molecule has 1 saturated heterocycles. The standard InChI is InChI=1S/C19H16BrF3N2O3/c20-12-4-1-3-11(9-12)17(26)25-15-7-6-13(10-14(15)19(21,22)23)24-18(27)16-5-2-8-28-16/h1,3-4,6-7,9-10,16H,2,5,8H2,(H,24,27)(H,25,26). The highest BCUT2D eigenvalue weighted by atomic mass is 79.9. The van der Waals surface area contributed by atoms with Gasteiger partial charge in [0.05, 0.1) is 11.3 Å². The third-order valence-electron chi connectivity index (χ3n) is 4.15. The third-order valence-corrected chi connectivity index (χ3v) is 4.64. The van der Waals surface area contributed by atoms with Crippen molar-refractivity contribution in [2.45, 2.75) is 25.1 Å². The molecule has 1 fully saturated rings. The first-order valence-electron chi connectivity index (χ1n) is 8.44. The molecule has 0 aromatic heterocycles. The van der Waals surface area contributed by atoms with Crippen LogP contribution in [0.3, 0.4) is 0 Å². The molecule has 28 heavy (non-hydrogen) atoms. The van der Waals surface area contributed by atoms with Crippen LogP contribution in [0.25, 0.3) is 0 Å². The SMILES string of the molecule is O=C(Nc1ccc(NC(=O)C2CCCO2)cc1C(F)(F)F)c1cccc(Br)c1. The molecule has 1 heterocycles. The Kier molecular flexibility index (Phi) is 6.04. The molecule has 3 rings (SSSR count). The van der Waals surface area contributed by atoms with E-state index in [2.05, 4.69) is 26.6 Å². The Morgan fingerprint density at radius 2 is 1.89 bits per heavy atom. The highest BCUT2D eigenvalue weighted by Crippen LogP contribution is 2.37. The lowest BCUT2D eigenvalue weighted by atomic mass is 10.1. The number of amides is 2. The summed E-state index contributed by atoms with van der Waals surface area (Å²) < 4.78 is 46.3. The Hall–Kier alpha value is -2.39. The predicted molar refractivity (Wildman–Crippen MR) is 101 cm³/mol. The molecule has 0 saturated carbocycles. The second kappa shape index (κ2) is 8.32. The van der Waals surface area contributed by atoms with Crippen LogP contribution in [-0.2, 0) is 15.7 Å². The van der Waals surface area contributed by atoms with E-state index in [1.165, 1.54) is 18.2 Å². The average molecular weight is 457 g/mol. The van der Waals surface area contributed by atoms with E-state index < -0.39 is 35.3 Å². The van der Waals surface area contributed by atoms with Crippen molar-refractivity contribution in [3.8, 4) is 0 Å². The molecule has 0 spiro atoms. The minimum Gasteiger partial charge on any atom is -0.368 e. The van der Waals surface area contributed by atoms with Crippen molar-refractivity contribution in [3.05, 3.63) is 58.1 Å². The number of nitrogens with one attached hydrogen (secondary N) is 2. The lowest BCUT2D eigenvalue weighted by molar-refractivity contribution is -0.137. The lowest BCUT2D eigenvalue weighted by Gasteiger charge is -2.17. The van der Waals surface area contributed by atoms with Crippen LogP contribution in [0.4, 0.5) is 24.5 Å². The Balaban J connectivity index is 1.82. The number of hydrogen-bond donors (Lipinski definition) is 2. The maximum absolute atomic E-state index is 13.5. The van der Waals surface area contributed by atoms with Gasteiger partial charge in [0, 0.05) is 22.3 Å². The first-order valence-corrected chi connectivity index (χ1v) is 9.24. The summed E-state index contributed by atoms with van der Waals surface area (Å²) in [6, 6.07) is 9.50. The number of alkyl halides is 3. The monoisotopic (exact) mass is 456 g/mol. The second-order valence-electron chi connectivity index (χ2n) is 6.21. The third kappa shape index (κ3) is 4.90. The van der Waals surface area contributed by atoms with Crippen LogP contribution in [0, 0.1) is 0 Å². The summed E-state index contributed by atoms with van der Waals surface area (Å²) in [5.41, 5.74) is -1.26. The summed E-state index contributed by atoms with van der Waals surface area (Å²) in [6.07, 6.45) is -4.12. The molecule has 2 aromatic rings. The van der Waals surface area contributed by atoms with Gasteiger partial charge in [0.2, 0.25) is 0 Å². The topological polar surface area (TPSA) is 67.4 Å².